The normalized spacial score (nSPS) is 11.5. The van der Waals surface area contributed by atoms with Crippen molar-refractivity contribution in [1.82, 2.24) is 0 Å². The first kappa shape index (κ1) is 44.2. The van der Waals surface area contributed by atoms with Gasteiger partial charge in [0.2, 0.25) is 0 Å². The van der Waals surface area contributed by atoms with Crippen LogP contribution in [-0.4, -0.2) is 0 Å². The van der Waals surface area contributed by atoms with Crippen molar-refractivity contribution in [3.63, 3.8) is 0 Å². The Kier molecular flexibility index (Phi) is 11.1. The van der Waals surface area contributed by atoms with Crippen LogP contribution in [0.25, 0.3) is 97.0 Å². The van der Waals surface area contributed by atoms with Gasteiger partial charge >= 0.3 is 0 Å². The first-order valence-corrected chi connectivity index (χ1v) is 26.5. The Balaban J connectivity index is 0.930. The molecule has 0 N–H and O–H groups in total. The van der Waals surface area contributed by atoms with Crippen molar-refractivity contribution < 1.29 is 0 Å². The molecule has 0 saturated carbocycles. The van der Waals surface area contributed by atoms with Gasteiger partial charge in [0.1, 0.15) is 0 Å². The van der Waals surface area contributed by atoms with Gasteiger partial charge in [-0.1, -0.05) is 224 Å². The third-order valence-corrected chi connectivity index (χ3v) is 16.0. The fourth-order valence-electron chi connectivity index (χ4n) is 11.2. The van der Waals surface area contributed by atoms with Crippen molar-refractivity contribution >= 4 is 98.0 Å². The molecule has 0 amide bonds. The Morgan fingerprint density at radius 1 is 0.213 bits per heavy atom. The highest BCUT2D eigenvalue weighted by Gasteiger charge is 2.24. The van der Waals surface area contributed by atoms with E-state index in [1.165, 1.54) is 85.9 Å². The smallest absolute Gasteiger partial charge is 0.0541 e. The highest BCUT2D eigenvalue weighted by atomic mass is 32.1. The molecule has 2 nitrogen and oxygen atoms in total. The summed E-state index contributed by atoms with van der Waals surface area (Å²) < 4.78 is 2.62. The van der Waals surface area contributed by atoms with Crippen molar-refractivity contribution in [1.29, 1.82) is 0 Å². The van der Waals surface area contributed by atoms with Gasteiger partial charge in [0.25, 0.3) is 0 Å². The van der Waals surface area contributed by atoms with Crippen molar-refractivity contribution in [2.45, 2.75) is 0 Å². The second kappa shape index (κ2) is 18.8. The molecule has 0 fully saturated rings. The summed E-state index contributed by atoms with van der Waals surface area (Å²) in [5, 5.41) is 9.79. The fraction of sp³-hybridized carbons (Fsp3) is 0. The molecule has 1 heterocycles. The Bertz CT molecular complexity index is 4420. The summed E-state index contributed by atoms with van der Waals surface area (Å²) in [6, 6.07) is 107. The van der Waals surface area contributed by atoms with Crippen LogP contribution in [0.2, 0.25) is 0 Å². The van der Waals surface area contributed by atoms with Gasteiger partial charge in [-0.2, -0.15) is 0 Å². The van der Waals surface area contributed by atoms with Gasteiger partial charge in [-0.3, -0.25) is 0 Å². The van der Waals surface area contributed by atoms with Gasteiger partial charge in [-0.25, -0.2) is 0 Å². The highest BCUT2D eigenvalue weighted by Crippen LogP contribution is 2.50. The van der Waals surface area contributed by atoms with E-state index >= 15 is 0 Å². The number of para-hydroxylation sites is 2. The maximum atomic E-state index is 2.48. The maximum absolute atomic E-state index is 2.48. The number of thiophene rings is 1. The molecular formula is C72H48N2S. The fourth-order valence-corrected chi connectivity index (χ4v) is 12.3. The van der Waals surface area contributed by atoms with Crippen LogP contribution in [0.15, 0.2) is 291 Å². The number of nitrogens with zero attached hydrogens (tertiary/aromatic N) is 2. The Morgan fingerprint density at radius 3 is 1.32 bits per heavy atom. The van der Waals surface area contributed by atoms with Crippen LogP contribution in [0.5, 0.6) is 0 Å². The lowest BCUT2D eigenvalue weighted by molar-refractivity contribution is 1.28. The molecule has 0 aliphatic heterocycles. The first-order valence-electron chi connectivity index (χ1n) is 25.6. The SMILES string of the molecule is c1ccc(-c2ccc(-c3ccc(N(c4ccc5ccccc5c4)c4ccccc4-c4ccccc4N(c4ccc5ccccc5c4)c4ccc(-c5ccc6c(c5)sc5ccccc56)c5ccccc45)cc3)cc2)cc1. The molecule has 13 aromatic carbocycles. The van der Waals surface area contributed by atoms with Crippen molar-refractivity contribution in [2.75, 3.05) is 9.80 Å². The van der Waals surface area contributed by atoms with Crippen LogP contribution in [0.3, 0.4) is 0 Å². The average Bonchev–Trinajstić information content (AvgIpc) is 3.86. The number of hydrogen-bond acceptors (Lipinski definition) is 3. The minimum Gasteiger partial charge on any atom is -0.310 e. The number of anilines is 6. The van der Waals surface area contributed by atoms with Crippen LogP contribution < -0.4 is 9.80 Å². The molecule has 3 heteroatoms. The Morgan fingerprint density at radius 2 is 0.667 bits per heavy atom. The zero-order chi connectivity index (χ0) is 49.7. The Hall–Kier alpha value is -9.54. The Labute approximate surface area is 440 Å². The maximum Gasteiger partial charge on any atom is 0.0541 e. The van der Waals surface area contributed by atoms with E-state index in [1.54, 1.807) is 0 Å². The molecular weight excluding hydrogens is 925 g/mol. The molecule has 75 heavy (non-hydrogen) atoms. The molecule has 0 aliphatic rings. The molecule has 0 radical (unpaired) electrons. The molecule has 14 rings (SSSR count). The van der Waals surface area contributed by atoms with Crippen LogP contribution in [-0.2, 0) is 0 Å². The number of benzene rings is 13. The zero-order valence-corrected chi connectivity index (χ0v) is 41.8. The largest absolute Gasteiger partial charge is 0.310 e. The summed E-state index contributed by atoms with van der Waals surface area (Å²) in [4.78, 5) is 4.91. The predicted molar refractivity (Wildman–Crippen MR) is 323 cm³/mol. The van der Waals surface area contributed by atoms with E-state index in [0.29, 0.717) is 0 Å². The van der Waals surface area contributed by atoms with E-state index in [0.717, 1.165) is 45.3 Å². The minimum atomic E-state index is 1.07. The van der Waals surface area contributed by atoms with Crippen molar-refractivity contribution in [2.24, 2.45) is 0 Å². The standard InChI is InChI=1S/C72H48N2S/c1-2-16-49(17-3-1)52-30-32-53(33-31-52)54-34-39-58(40-35-54)73(59-41-36-50-18-4-6-20-55(50)46-59)68-27-13-10-24-64(68)65-25-11-14-28-69(65)74(60-42-37-51-19-5-7-21-56(51)47-60)70-45-44-61(62-22-8-9-23-63(62)70)57-38-43-67-66-26-12-15-29-71(66)75-72(67)48-57/h1-48H. The van der Waals surface area contributed by atoms with Gasteiger partial charge in [0.15, 0.2) is 0 Å². The van der Waals surface area contributed by atoms with Crippen molar-refractivity contribution in [3.8, 4) is 44.5 Å². The monoisotopic (exact) mass is 972 g/mol. The van der Waals surface area contributed by atoms with E-state index in [9.17, 15) is 0 Å². The molecule has 1 aromatic heterocycles. The zero-order valence-electron chi connectivity index (χ0n) is 41.0. The summed E-state index contributed by atoms with van der Waals surface area (Å²) in [5.41, 5.74) is 15.9. The number of fused-ring (bicyclic) bond motifs is 6. The second-order valence-electron chi connectivity index (χ2n) is 19.2. The lowest BCUT2D eigenvalue weighted by Gasteiger charge is -2.32. The summed E-state index contributed by atoms with van der Waals surface area (Å²) in [6.45, 7) is 0. The topological polar surface area (TPSA) is 6.48 Å². The van der Waals surface area contributed by atoms with Crippen LogP contribution in [0.1, 0.15) is 0 Å². The van der Waals surface area contributed by atoms with Gasteiger partial charge in [-0.15, -0.1) is 11.3 Å². The van der Waals surface area contributed by atoms with Crippen molar-refractivity contribution in [3.05, 3.63) is 291 Å². The predicted octanol–water partition coefficient (Wildman–Crippen LogP) is 21.1. The summed E-state index contributed by atoms with van der Waals surface area (Å²) in [5.74, 6) is 0. The van der Waals surface area contributed by atoms with Crippen LogP contribution >= 0.6 is 11.3 Å². The molecule has 14 aromatic rings. The molecule has 0 spiro atoms. The minimum absolute atomic E-state index is 1.07. The van der Waals surface area contributed by atoms with E-state index < -0.39 is 0 Å². The summed E-state index contributed by atoms with van der Waals surface area (Å²) in [7, 11) is 0. The average molecular weight is 973 g/mol. The van der Waals surface area contributed by atoms with Gasteiger partial charge in [0, 0.05) is 53.7 Å². The van der Waals surface area contributed by atoms with Gasteiger partial charge in [0.05, 0.1) is 17.1 Å². The second-order valence-corrected chi connectivity index (χ2v) is 20.3. The molecule has 0 atom stereocenters. The van der Waals surface area contributed by atoms with E-state index in [1.807, 2.05) is 11.3 Å². The lowest BCUT2D eigenvalue weighted by atomic mass is 9.94. The molecule has 0 aliphatic carbocycles. The molecule has 0 unspecified atom stereocenters. The first-order chi connectivity index (χ1) is 37.2. The van der Waals surface area contributed by atoms with E-state index in [4.69, 9.17) is 0 Å². The van der Waals surface area contributed by atoms with E-state index in [-0.39, 0.29) is 0 Å². The summed E-state index contributed by atoms with van der Waals surface area (Å²) in [6.07, 6.45) is 0. The van der Waals surface area contributed by atoms with Crippen LogP contribution in [0.4, 0.5) is 34.1 Å². The van der Waals surface area contributed by atoms with Crippen LogP contribution in [0, 0.1) is 0 Å². The lowest BCUT2D eigenvalue weighted by Crippen LogP contribution is -2.14. The number of hydrogen-bond donors (Lipinski definition) is 0. The third kappa shape index (κ3) is 8.08. The van der Waals surface area contributed by atoms with Gasteiger partial charge < -0.3 is 9.80 Å². The third-order valence-electron chi connectivity index (χ3n) is 14.8. The molecule has 352 valence electrons. The summed E-state index contributed by atoms with van der Waals surface area (Å²) >= 11 is 1.87. The number of rotatable bonds is 10. The molecule has 0 bridgehead atoms. The van der Waals surface area contributed by atoms with E-state index in [2.05, 4.69) is 301 Å². The van der Waals surface area contributed by atoms with Gasteiger partial charge in [-0.05, 0) is 127 Å². The molecule has 0 saturated heterocycles. The quantitative estimate of drug-likeness (QED) is 0.135. The highest BCUT2D eigenvalue weighted by molar-refractivity contribution is 7.25.